The van der Waals surface area contributed by atoms with Crippen molar-refractivity contribution in [3.8, 4) is 11.5 Å². The van der Waals surface area contributed by atoms with Crippen molar-refractivity contribution in [1.82, 2.24) is 5.32 Å². The second-order valence-electron chi connectivity index (χ2n) is 7.35. The van der Waals surface area contributed by atoms with Crippen molar-refractivity contribution in [2.75, 3.05) is 0 Å². The van der Waals surface area contributed by atoms with Crippen molar-refractivity contribution in [2.45, 2.75) is 31.2 Å². The average Bonchev–Trinajstić information content (AvgIpc) is 3.09. The van der Waals surface area contributed by atoms with Gasteiger partial charge in [0.15, 0.2) is 0 Å². The largest absolute Gasteiger partial charge is 0.508 e. The van der Waals surface area contributed by atoms with Crippen LogP contribution in [0, 0.1) is 0 Å². The third-order valence-corrected chi connectivity index (χ3v) is 5.39. The predicted octanol–water partition coefficient (Wildman–Crippen LogP) is 3.90. The fourth-order valence-corrected chi connectivity index (χ4v) is 4.06. The summed E-state index contributed by atoms with van der Waals surface area (Å²) in [4.78, 5) is 12.8. The van der Waals surface area contributed by atoms with Crippen LogP contribution in [0.5, 0.6) is 11.5 Å². The molecule has 142 valence electrons. The van der Waals surface area contributed by atoms with Crippen LogP contribution in [0.1, 0.15) is 34.6 Å². The highest BCUT2D eigenvalue weighted by molar-refractivity contribution is 5.78. The molecule has 0 unspecified atom stereocenters. The molecular weight excluding hydrogens is 350 g/mol. The molecule has 4 heteroatoms. The van der Waals surface area contributed by atoms with Gasteiger partial charge < -0.3 is 15.5 Å². The van der Waals surface area contributed by atoms with E-state index in [2.05, 4.69) is 17.4 Å². The molecular formula is C24H23NO3. The molecule has 0 bridgehead atoms. The molecule has 0 fully saturated rings. The van der Waals surface area contributed by atoms with E-state index in [0.717, 1.165) is 18.4 Å². The van der Waals surface area contributed by atoms with Crippen molar-refractivity contribution >= 4 is 5.91 Å². The summed E-state index contributed by atoms with van der Waals surface area (Å²) in [5.74, 6) is -0.104. The highest BCUT2D eigenvalue weighted by Gasteiger charge is 2.26. The lowest BCUT2D eigenvalue weighted by Gasteiger charge is -2.20. The molecule has 1 amide bonds. The summed E-state index contributed by atoms with van der Waals surface area (Å²) in [5.41, 5.74) is 4.06. The third kappa shape index (κ3) is 3.86. The number of phenols is 2. The Morgan fingerprint density at radius 3 is 2.29 bits per heavy atom. The summed E-state index contributed by atoms with van der Waals surface area (Å²) in [5, 5.41) is 23.4. The first-order chi connectivity index (χ1) is 13.6. The van der Waals surface area contributed by atoms with Gasteiger partial charge in [0.1, 0.15) is 11.5 Å². The lowest BCUT2D eigenvalue weighted by Crippen LogP contribution is -2.36. The minimum absolute atomic E-state index is 0.0607. The molecule has 0 aromatic heterocycles. The molecule has 3 aromatic carbocycles. The zero-order chi connectivity index (χ0) is 19.5. The van der Waals surface area contributed by atoms with Gasteiger partial charge in [-0.3, -0.25) is 4.79 Å². The quantitative estimate of drug-likeness (QED) is 0.635. The van der Waals surface area contributed by atoms with Crippen LogP contribution in [-0.2, 0) is 17.6 Å². The number of nitrogens with one attached hydrogen (secondary N) is 1. The number of hydrogen-bond donors (Lipinski definition) is 3. The highest BCUT2D eigenvalue weighted by atomic mass is 16.3. The molecule has 3 N–H and O–H groups in total. The lowest BCUT2D eigenvalue weighted by atomic mass is 9.87. The highest BCUT2D eigenvalue weighted by Crippen LogP contribution is 2.35. The van der Waals surface area contributed by atoms with Crippen LogP contribution in [0.25, 0.3) is 0 Å². The van der Waals surface area contributed by atoms with Crippen LogP contribution < -0.4 is 5.32 Å². The number of rotatable bonds is 5. The molecule has 0 saturated heterocycles. The molecule has 1 atom stereocenters. The standard InChI is InChI=1S/C24H23NO3/c26-20-9-5-8-18(14-20)22(21-10-3-4-11-23(21)27)15-24(28)25-19-12-16-6-1-2-7-17(16)13-19/h1-11,14,19,22,26-27H,12-13,15H2,(H,25,28)/t22-/m0/s1. The Labute approximate surface area is 164 Å². The Balaban J connectivity index is 1.53. The van der Waals surface area contributed by atoms with Gasteiger partial charge >= 0.3 is 0 Å². The number of carbonyl (C=O) groups is 1. The maximum atomic E-state index is 12.8. The third-order valence-electron chi connectivity index (χ3n) is 5.39. The van der Waals surface area contributed by atoms with E-state index in [9.17, 15) is 15.0 Å². The van der Waals surface area contributed by atoms with Crippen LogP contribution in [-0.4, -0.2) is 22.2 Å². The Hall–Kier alpha value is -3.27. The van der Waals surface area contributed by atoms with Crippen molar-refractivity contribution in [1.29, 1.82) is 0 Å². The Bertz CT molecular complexity index is 973. The second-order valence-corrected chi connectivity index (χ2v) is 7.35. The van der Waals surface area contributed by atoms with Gasteiger partial charge in [-0.25, -0.2) is 0 Å². The summed E-state index contributed by atoms with van der Waals surface area (Å²) < 4.78 is 0. The molecule has 0 radical (unpaired) electrons. The van der Waals surface area contributed by atoms with Crippen molar-refractivity contribution in [3.05, 3.63) is 95.1 Å². The molecule has 0 spiro atoms. The van der Waals surface area contributed by atoms with Crippen molar-refractivity contribution < 1.29 is 15.0 Å². The number of amides is 1. The van der Waals surface area contributed by atoms with E-state index < -0.39 is 0 Å². The van der Waals surface area contributed by atoms with E-state index >= 15 is 0 Å². The predicted molar refractivity (Wildman–Crippen MR) is 108 cm³/mol. The topological polar surface area (TPSA) is 69.6 Å². The van der Waals surface area contributed by atoms with Gasteiger partial charge in [0.2, 0.25) is 5.91 Å². The van der Waals surface area contributed by atoms with Gasteiger partial charge in [0.25, 0.3) is 0 Å². The maximum absolute atomic E-state index is 12.8. The first-order valence-electron chi connectivity index (χ1n) is 9.53. The maximum Gasteiger partial charge on any atom is 0.221 e. The fourth-order valence-electron chi connectivity index (χ4n) is 4.06. The molecule has 4 rings (SSSR count). The van der Waals surface area contributed by atoms with Crippen LogP contribution >= 0.6 is 0 Å². The van der Waals surface area contributed by atoms with Crippen LogP contribution in [0.15, 0.2) is 72.8 Å². The van der Waals surface area contributed by atoms with Crippen LogP contribution in [0.4, 0.5) is 0 Å². The van der Waals surface area contributed by atoms with Gasteiger partial charge in [0.05, 0.1) is 0 Å². The second kappa shape index (κ2) is 7.77. The molecule has 0 saturated carbocycles. The van der Waals surface area contributed by atoms with Gasteiger partial charge in [-0.2, -0.15) is 0 Å². The van der Waals surface area contributed by atoms with Crippen LogP contribution in [0.3, 0.4) is 0 Å². The minimum atomic E-state index is -0.336. The SMILES string of the molecule is O=C(C[C@@H](c1cccc(O)c1)c1ccccc1O)NC1Cc2ccccc2C1. The van der Waals surface area contributed by atoms with E-state index in [1.807, 2.05) is 30.3 Å². The Morgan fingerprint density at radius 1 is 0.929 bits per heavy atom. The average molecular weight is 373 g/mol. The Kier molecular flexibility index (Phi) is 5.02. The minimum Gasteiger partial charge on any atom is -0.508 e. The first-order valence-corrected chi connectivity index (χ1v) is 9.53. The molecule has 0 heterocycles. The van der Waals surface area contributed by atoms with E-state index in [1.54, 1.807) is 30.3 Å². The molecule has 4 nitrogen and oxygen atoms in total. The number of benzene rings is 3. The molecule has 1 aliphatic carbocycles. The fraction of sp³-hybridized carbons (Fsp3) is 0.208. The molecule has 3 aromatic rings. The summed E-state index contributed by atoms with van der Waals surface area (Å²) in [7, 11) is 0. The smallest absolute Gasteiger partial charge is 0.221 e. The number of phenolic OH excluding ortho intramolecular Hbond substituents is 2. The van der Waals surface area contributed by atoms with Crippen LogP contribution in [0.2, 0.25) is 0 Å². The summed E-state index contributed by atoms with van der Waals surface area (Å²) in [6.07, 6.45) is 1.89. The van der Waals surface area contributed by atoms with Gasteiger partial charge in [-0.1, -0.05) is 54.6 Å². The number of para-hydroxylation sites is 1. The molecule has 0 aliphatic heterocycles. The number of hydrogen-bond acceptors (Lipinski definition) is 3. The lowest BCUT2D eigenvalue weighted by molar-refractivity contribution is -0.121. The van der Waals surface area contributed by atoms with Gasteiger partial charge in [-0.15, -0.1) is 0 Å². The van der Waals surface area contributed by atoms with Gasteiger partial charge in [0, 0.05) is 23.9 Å². The number of carbonyl (C=O) groups excluding carboxylic acids is 1. The summed E-state index contributed by atoms with van der Waals surface area (Å²) >= 11 is 0. The van der Waals surface area contributed by atoms with Gasteiger partial charge in [-0.05, 0) is 47.7 Å². The monoisotopic (exact) mass is 373 g/mol. The Morgan fingerprint density at radius 2 is 1.61 bits per heavy atom. The first kappa shape index (κ1) is 18.1. The normalized spacial score (nSPS) is 14.4. The van der Waals surface area contributed by atoms with Crippen molar-refractivity contribution in [3.63, 3.8) is 0 Å². The number of aromatic hydroxyl groups is 2. The van der Waals surface area contributed by atoms with E-state index in [0.29, 0.717) is 5.56 Å². The van der Waals surface area contributed by atoms with E-state index in [-0.39, 0.29) is 35.8 Å². The molecule has 28 heavy (non-hydrogen) atoms. The van der Waals surface area contributed by atoms with E-state index in [4.69, 9.17) is 0 Å². The zero-order valence-corrected chi connectivity index (χ0v) is 15.5. The van der Waals surface area contributed by atoms with E-state index in [1.165, 1.54) is 11.1 Å². The zero-order valence-electron chi connectivity index (χ0n) is 15.5. The summed E-state index contributed by atoms with van der Waals surface area (Å²) in [6, 6.07) is 22.3. The summed E-state index contributed by atoms with van der Waals surface area (Å²) in [6.45, 7) is 0. The number of fused-ring (bicyclic) bond motifs is 1. The van der Waals surface area contributed by atoms with Crippen molar-refractivity contribution in [2.24, 2.45) is 0 Å². The molecule has 1 aliphatic rings.